The molecule has 0 aliphatic carbocycles. The topological polar surface area (TPSA) is 39.1 Å². The largest absolute Gasteiger partial charge is 0.316 e. The molecule has 18 heavy (non-hydrogen) atoms. The van der Waals surface area contributed by atoms with Crippen molar-refractivity contribution in [3.05, 3.63) is 35.9 Å². The maximum atomic E-state index is 8.84. The molecule has 1 N–H and O–H groups in total. The average Bonchev–Trinajstić information content (AvgIpc) is 2.40. The van der Waals surface area contributed by atoms with Crippen LogP contribution in [0, 0.1) is 17.2 Å². The van der Waals surface area contributed by atoms with E-state index in [4.69, 9.17) is 5.26 Å². The Morgan fingerprint density at radius 3 is 2.78 bits per heavy atom. The van der Waals surface area contributed by atoms with E-state index >= 15 is 0 Å². The van der Waals surface area contributed by atoms with Crippen molar-refractivity contribution in [2.45, 2.75) is 18.9 Å². The van der Waals surface area contributed by atoms with Gasteiger partial charge >= 0.3 is 0 Å². The van der Waals surface area contributed by atoms with Gasteiger partial charge in [-0.1, -0.05) is 30.3 Å². The van der Waals surface area contributed by atoms with Gasteiger partial charge in [0.1, 0.15) is 0 Å². The van der Waals surface area contributed by atoms with Crippen LogP contribution < -0.4 is 5.32 Å². The summed E-state index contributed by atoms with van der Waals surface area (Å²) in [6, 6.07) is 13.4. The highest BCUT2D eigenvalue weighted by Gasteiger charge is 2.26. The molecule has 0 aromatic heterocycles. The summed E-state index contributed by atoms with van der Waals surface area (Å²) in [5, 5.41) is 12.2. The Kier molecular flexibility index (Phi) is 4.74. The van der Waals surface area contributed by atoms with Gasteiger partial charge in [-0.15, -0.1) is 0 Å². The molecule has 3 heteroatoms. The summed E-state index contributed by atoms with van der Waals surface area (Å²) in [5.74, 6) is 0.645. The molecular formula is C15H21N3. The lowest BCUT2D eigenvalue weighted by Crippen LogP contribution is -2.48. The highest BCUT2D eigenvalue weighted by Crippen LogP contribution is 2.20. The molecule has 3 nitrogen and oxygen atoms in total. The molecule has 96 valence electrons. The zero-order chi connectivity index (χ0) is 12.8. The van der Waals surface area contributed by atoms with Crippen LogP contribution in [0.3, 0.4) is 0 Å². The van der Waals surface area contributed by atoms with Crippen LogP contribution in [0.15, 0.2) is 30.3 Å². The fourth-order valence-corrected chi connectivity index (χ4v) is 2.84. The first-order chi connectivity index (χ1) is 8.81. The van der Waals surface area contributed by atoms with Gasteiger partial charge in [0.2, 0.25) is 0 Å². The summed E-state index contributed by atoms with van der Waals surface area (Å²) in [4.78, 5) is 2.26. The van der Waals surface area contributed by atoms with Gasteiger partial charge in [0.15, 0.2) is 0 Å². The third-order valence-electron chi connectivity index (χ3n) is 3.68. The highest BCUT2D eigenvalue weighted by atomic mass is 15.2. The van der Waals surface area contributed by atoms with Crippen molar-refractivity contribution in [3.8, 4) is 6.07 Å². The fraction of sp³-hybridized carbons (Fsp3) is 0.533. The third-order valence-corrected chi connectivity index (χ3v) is 3.68. The van der Waals surface area contributed by atoms with Crippen molar-refractivity contribution >= 4 is 0 Å². The molecule has 0 amide bonds. The van der Waals surface area contributed by atoms with Crippen LogP contribution in [0.2, 0.25) is 0 Å². The molecule has 1 aromatic rings. The van der Waals surface area contributed by atoms with Crippen LogP contribution in [0.5, 0.6) is 0 Å². The van der Waals surface area contributed by atoms with Crippen LogP contribution >= 0.6 is 0 Å². The Labute approximate surface area is 109 Å². The van der Waals surface area contributed by atoms with Crippen molar-refractivity contribution in [1.82, 2.24) is 10.2 Å². The fourth-order valence-electron chi connectivity index (χ4n) is 2.84. The number of rotatable bonds is 4. The second-order valence-electron chi connectivity index (χ2n) is 5.13. The van der Waals surface area contributed by atoms with Crippen LogP contribution in [0.25, 0.3) is 0 Å². The predicted molar refractivity (Wildman–Crippen MR) is 73.2 cm³/mol. The van der Waals surface area contributed by atoms with Gasteiger partial charge in [-0.3, -0.25) is 4.90 Å². The van der Waals surface area contributed by atoms with Crippen molar-refractivity contribution in [3.63, 3.8) is 0 Å². The monoisotopic (exact) mass is 243 g/mol. The summed E-state index contributed by atoms with van der Waals surface area (Å²) in [6.45, 7) is 2.58. The molecule has 2 atom stereocenters. The number of nitrogens with zero attached hydrogens (tertiary/aromatic N) is 2. The van der Waals surface area contributed by atoms with Crippen molar-refractivity contribution in [2.24, 2.45) is 5.92 Å². The SMILES string of the molecule is CNC1CC(Cc2ccccc2)CN(CC#N)C1. The van der Waals surface area contributed by atoms with Crippen molar-refractivity contribution in [2.75, 3.05) is 26.7 Å². The lowest BCUT2D eigenvalue weighted by molar-refractivity contribution is 0.159. The lowest BCUT2D eigenvalue weighted by atomic mass is 9.89. The average molecular weight is 243 g/mol. The molecule has 2 unspecified atom stereocenters. The van der Waals surface area contributed by atoms with E-state index in [2.05, 4.69) is 46.6 Å². The standard InChI is InChI=1S/C15H21N3/c1-17-15-10-14(11-18(12-15)8-7-16)9-13-5-3-2-4-6-13/h2-6,14-15,17H,8-12H2,1H3. The van der Waals surface area contributed by atoms with Gasteiger partial charge in [-0.05, 0) is 31.4 Å². The normalized spacial score (nSPS) is 24.7. The van der Waals surface area contributed by atoms with Gasteiger partial charge in [0.25, 0.3) is 0 Å². The summed E-state index contributed by atoms with van der Waals surface area (Å²) in [7, 11) is 2.01. The molecule has 1 aliphatic heterocycles. The first kappa shape index (κ1) is 13.1. The molecule has 0 radical (unpaired) electrons. The van der Waals surface area contributed by atoms with Crippen LogP contribution in [-0.2, 0) is 6.42 Å². The Morgan fingerprint density at radius 2 is 2.11 bits per heavy atom. The Balaban J connectivity index is 1.97. The van der Waals surface area contributed by atoms with Crippen molar-refractivity contribution < 1.29 is 0 Å². The maximum Gasteiger partial charge on any atom is 0.0866 e. The van der Waals surface area contributed by atoms with Gasteiger partial charge in [-0.2, -0.15) is 5.26 Å². The molecule has 1 heterocycles. The van der Waals surface area contributed by atoms with E-state index in [1.54, 1.807) is 0 Å². The zero-order valence-corrected chi connectivity index (χ0v) is 11.0. The minimum absolute atomic E-state index is 0.515. The van der Waals surface area contributed by atoms with Gasteiger partial charge in [-0.25, -0.2) is 0 Å². The molecule has 0 spiro atoms. The summed E-state index contributed by atoms with van der Waals surface area (Å²) < 4.78 is 0. The van der Waals surface area contributed by atoms with E-state index in [0.29, 0.717) is 18.5 Å². The van der Waals surface area contributed by atoms with E-state index in [-0.39, 0.29) is 0 Å². The molecule has 1 fully saturated rings. The first-order valence-electron chi connectivity index (χ1n) is 6.62. The number of likely N-dealkylation sites (N-methyl/N-ethyl adjacent to an activating group) is 1. The van der Waals surface area contributed by atoms with E-state index in [1.165, 1.54) is 12.0 Å². The van der Waals surface area contributed by atoms with Crippen molar-refractivity contribution in [1.29, 1.82) is 5.26 Å². The number of likely N-dealkylation sites (tertiary alicyclic amines) is 1. The molecule has 1 aromatic carbocycles. The Morgan fingerprint density at radius 1 is 1.33 bits per heavy atom. The predicted octanol–water partition coefficient (Wildman–Crippen LogP) is 1.66. The quantitative estimate of drug-likeness (QED) is 0.818. The smallest absolute Gasteiger partial charge is 0.0866 e. The number of benzene rings is 1. The second kappa shape index (κ2) is 6.53. The zero-order valence-electron chi connectivity index (χ0n) is 11.0. The van der Waals surface area contributed by atoms with Gasteiger partial charge in [0, 0.05) is 19.1 Å². The summed E-state index contributed by atoms with van der Waals surface area (Å²) >= 11 is 0. The van der Waals surface area contributed by atoms with E-state index < -0.39 is 0 Å². The molecular weight excluding hydrogens is 222 g/mol. The third kappa shape index (κ3) is 3.56. The summed E-state index contributed by atoms with van der Waals surface area (Å²) in [5.41, 5.74) is 1.40. The molecule has 1 aliphatic rings. The molecule has 0 saturated carbocycles. The summed E-state index contributed by atoms with van der Waals surface area (Å²) in [6.07, 6.45) is 2.31. The maximum absolute atomic E-state index is 8.84. The van der Waals surface area contributed by atoms with Gasteiger partial charge < -0.3 is 5.32 Å². The minimum Gasteiger partial charge on any atom is -0.316 e. The number of hydrogen-bond acceptors (Lipinski definition) is 3. The molecule has 0 bridgehead atoms. The van der Waals surface area contributed by atoms with E-state index in [9.17, 15) is 0 Å². The minimum atomic E-state index is 0.515. The first-order valence-corrected chi connectivity index (χ1v) is 6.62. The highest BCUT2D eigenvalue weighted by molar-refractivity contribution is 5.15. The van der Waals surface area contributed by atoms with Crippen LogP contribution in [0.1, 0.15) is 12.0 Å². The second-order valence-corrected chi connectivity index (χ2v) is 5.13. The lowest BCUT2D eigenvalue weighted by Gasteiger charge is -2.36. The Hall–Kier alpha value is -1.37. The molecule has 2 rings (SSSR count). The van der Waals surface area contributed by atoms with Crippen LogP contribution in [0.4, 0.5) is 0 Å². The number of hydrogen-bond donors (Lipinski definition) is 1. The number of piperidine rings is 1. The molecule has 1 saturated heterocycles. The Bertz CT molecular complexity index is 396. The number of nitriles is 1. The van der Waals surface area contributed by atoms with E-state index in [0.717, 1.165) is 19.5 Å². The number of nitrogens with one attached hydrogen (secondary N) is 1. The van der Waals surface area contributed by atoms with E-state index in [1.807, 2.05) is 7.05 Å². The van der Waals surface area contributed by atoms with Gasteiger partial charge in [0.05, 0.1) is 12.6 Å². The van der Waals surface area contributed by atoms with Crippen LogP contribution in [-0.4, -0.2) is 37.6 Å².